The molecule has 2 aromatic carbocycles. The van der Waals surface area contributed by atoms with E-state index in [1.807, 2.05) is 4.90 Å². The molecular weight excluding hydrogens is 541 g/mol. The standard InChI is InChI=1S/C27H21F3N8OS/c28-17-4-2-5-18(29)24(17)40-37-20-6-1-3-16(22(20)30)19-7-8-21-23(34-19)26(38-9-11-39-12-10-38)36-25(35-21)15-13-32-27(31)33-14-15/h1-8,13-14,37H,9-12H2,(H2,31,32,33). The van der Waals surface area contributed by atoms with Crippen molar-refractivity contribution in [2.45, 2.75) is 4.90 Å². The summed E-state index contributed by atoms with van der Waals surface area (Å²) in [5.74, 6) is -0.999. The zero-order valence-corrected chi connectivity index (χ0v) is 21.6. The summed E-state index contributed by atoms with van der Waals surface area (Å²) in [5.41, 5.74) is 7.85. The third-order valence-electron chi connectivity index (χ3n) is 6.22. The fraction of sp³-hybridized carbons (Fsp3) is 0.148. The zero-order valence-electron chi connectivity index (χ0n) is 20.8. The monoisotopic (exact) mass is 562 g/mol. The zero-order chi connectivity index (χ0) is 27.6. The summed E-state index contributed by atoms with van der Waals surface area (Å²) in [5, 5.41) is 0. The molecule has 40 heavy (non-hydrogen) atoms. The number of pyridine rings is 1. The van der Waals surface area contributed by atoms with Gasteiger partial charge in [-0.1, -0.05) is 12.1 Å². The lowest BCUT2D eigenvalue weighted by Gasteiger charge is -2.28. The van der Waals surface area contributed by atoms with Gasteiger partial charge in [0.15, 0.2) is 17.5 Å². The van der Waals surface area contributed by atoms with Crippen LogP contribution in [0.1, 0.15) is 0 Å². The number of nitrogens with one attached hydrogen (secondary N) is 1. The highest BCUT2D eigenvalue weighted by Gasteiger charge is 2.21. The highest BCUT2D eigenvalue weighted by atomic mass is 32.2. The van der Waals surface area contributed by atoms with Crippen molar-refractivity contribution in [1.29, 1.82) is 0 Å². The average molecular weight is 563 g/mol. The van der Waals surface area contributed by atoms with Gasteiger partial charge in [-0.2, -0.15) is 0 Å². The van der Waals surface area contributed by atoms with Crippen LogP contribution in [0.5, 0.6) is 0 Å². The van der Waals surface area contributed by atoms with Crippen molar-refractivity contribution in [3.8, 4) is 22.6 Å². The second-order valence-corrected chi connectivity index (χ2v) is 9.60. The number of halogens is 3. The van der Waals surface area contributed by atoms with Crippen molar-refractivity contribution < 1.29 is 17.9 Å². The van der Waals surface area contributed by atoms with E-state index < -0.39 is 17.5 Å². The minimum atomic E-state index is -0.745. The average Bonchev–Trinajstić information content (AvgIpc) is 2.98. The summed E-state index contributed by atoms with van der Waals surface area (Å²) < 4.78 is 52.0. The number of rotatable bonds is 6. The van der Waals surface area contributed by atoms with Gasteiger partial charge in [0.25, 0.3) is 0 Å². The molecule has 4 heterocycles. The normalized spacial score (nSPS) is 13.5. The first-order chi connectivity index (χ1) is 19.5. The summed E-state index contributed by atoms with van der Waals surface area (Å²) in [6, 6.07) is 11.6. The van der Waals surface area contributed by atoms with Gasteiger partial charge in [-0.15, -0.1) is 0 Å². The highest BCUT2D eigenvalue weighted by molar-refractivity contribution is 8.00. The second-order valence-electron chi connectivity index (χ2n) is 8.79. The largest absolute Gasteiger partial charge is 0.378 e. The number of hydrogen-bond donors (Lipinski definition) is 2. The molecule has 1 aliphatic heterocycles. The Morgan fingerprint density at radius 3 is 2.35 bits per heavy atom. The Morgan fingerprint density at radius 1 is 0.875 bits per heavy atom. The molecule has 0 aliphatic carbocycles. The Bertz CT molecular complexity index is 1680. The SMILES string of the molecule is Nc1ncc(-c2nc(N3CCOCC3)c3nc(-c4cccc(NSc5c(F)cccc5F)c4F)ccc3n2)cn1. The van der Waals surface area contributed by atoms with Gasteiger partial charge in [-0.05, 0) is 48.3 Å². The van der Waals surface area contributed by atoms with Crippen molar-refractivity contribution >= 4 is 40.4 Å². The van der Waals surface area contributed by atoms with Gasteiger partial charge in [-0.25, -0.2) is 38.1 Å². The number of ether oxygens (including phenoxy) is 1. The van der Waals surface area contributed by atoms with Crippen LogP contribution in [-0.4, -0.2) is 51.2 Å². The lowest BCUT2D eigenvalue weighted by molar-refractivity contribution is 0.122. The van der Waals surface area contributed by atoms with Gasteiger partial charge in [0, 0.05) is 31.0 Å². The summed E-state index contributed by atoms with van der Waals surface area (Å²) in [4.78, 5) is 24.1. The Morgan fingerprint density at radius 2 is 1.60 bits per heavy atom. The smallest absolute Gasteiger partial charge is 0.219 e. The van der Waals surface area contributed by atoms with Crippen LogP contribution in [0, 0.1) is 17.5 Å². The van der Waals surface area contributed by atoms with E-state index in [4.69, 9.17) is 20.4 Å². The maximum Gasteiger partial charge on any atom is 0.219 e. The van der Waals surface area contributed by atoms with Crippen LogP contribution in [0.4, 0.5) is 30.6 Å². The van der Waals surface area contributed by atoms with Crippen LogP contribution in [0.15, 0.2) is 65.8 Å². The lowest BCUT2D eigenvalue weighted by Crippen LogP contribution is -2.37. The van der Waals surface area contributed by atoms with E-state index >= 15 is 4.39 Å². The predicted octanol–water partition coefficient (Wildman–Crippen LogP) is 5.10. The summed E-state index contributed by atoms with van der Waals surface area (Å²) in [6.07, 6.45) is 3.10. The quantitative estimate of drug-likeness (QED) is 0.271. The molecule has 9 nitrogen and oxygen atoms in total. The number of nitrogen functional groups attached to an aromatic ring is 1. The van der Waals surface area contributed by atoms with E-state index in [2.05, 4.69) is 19.7 Å². The number of nitrogens with two attached hydrogens (primary N) is 1. The van der Waals surface area contributed by atoms with Crippen LogP contribution >= 0.6 is 11.9 Å². The lowest BCUT2D eigenvalue weighted by atomic mass is 10.1. The van der Waals surface area contributed by atoms with Crippen LogP contribution in [-0.2, 0) is 4.74 Å². The molecule has 202 valence electrons. The molecule has 5 aromatic rings. The van der Waals surface area contributed by atoms with E-state index in [1.54, 1.807) is 36.7 Å². The third kappa shape index (κ3) is 5.08. The van der Waals surface area contributed by atoms with Crippen LogP contribution in [0.2, 0.25) is 0 Å². The second kappa shape index (κ2) is 10.9. The highest BCUT2D eigenvalue weighted by Crippen LogP contribution is 2.34. The maximum atomic E-state index is 15.6. The predicted molar refractivity (Wildman–Crippen MR) is 147 cm³/mol. The third-order valence-corrected chi connectivity index (χ3v) is 7.14. The van der Waals surface area contributed by atoms with Gasteiger partial charge in [-0.3, -0.25) is 0 Å². The van der Waals surface area contributed by atoms with E-state index in [1.165, 1.54) is 12.1 Å². The summed E-state index contributed by atoms with van der Waals surface area (Å²) in [6.45, 7) is 2.23. The molecule has 0 bridgehead atoms. The van der Waals surface area contributed by atoms with E-state index in [0.29, 0.717) is 72.2 Å². The van der Waals surface area contributed by atoms with Crippen LogP contribution in [0.25, 0.3) is 33.7 Å². The molecule has 1 saturated heterocycles. The molecule has 1 fully saturated rings. The number of benzene rings is 2. The van der Waals surface area contributed by atoms with Gasteiger partial charge in [0.1, 0.15) is 17.2 Å². The number of anilines is 3. The molecule has 0 unspecified atom stereocenters. The summed E-state index contributed by atoms with van der Waals surface area (Å²) >= 11 is 0.652. The first-order valence-electron chi connectivity index (χ1n) is 12.2. The minimum Gasteiger partial charge on any atom is -0.378 e. The van der Waals surface area contributed by atoms with Crippen molar-refractivity contribution in [3.63, 3.8) is 0 Å². The van der Waals surface area contributed by atoms with Crippen molar-refractivity contribution in [1.82, 2.24) is 24.9 Å². The van der Waals surface area contributed by atoms with Gasteiger partial charge >= 0.3 is 0 Å². The molecule has 0 amide bonds. The van der Waals surface area contributed by atoms with Gasteiger partial charge < -0.3 is 20.1 Å². The van der Waals surface area contributed by atoms with Crippen LogP contribution < -0.4 is 15.4 Å². The number of morpholine rings is 1. The number of fused-ring (bicyclic) bond motifs is 1. The number of aromatic nitrogens is 5. The van der Waals surface area contributed by atoms with Crippen LogP contribution in [0.3, 0.4) is 0 Å². The molecule has 3 aromatic heterocycles. The Kier molecular flexibility index (Phi) is 7.05. The van der Waals surface area contributed by atoms with Crippen molar-refractivity contribution in [2.75, 3.05) is 41.7 Å². The van der Waals surface area contributed by atoms with E-state index in [0.717, 1.165) is 12.1 Å². The fourth-order valence-corrected chi connectivity index (χ4v) is 4.92. The summed E-state index contributed by atoms with van der Waals surface area (Å²) in [7, 11) is 0. The minimum absolute atomic E-state index is 0.0513. The Balaban J connectivity index is 1.39. The molecule has 0 spiro atoms. The Hall–Kier alpha value is -4.49. The molecule has 3 N–H and O–H groups in total. The molecule has 0 radical (unpaired) electrons. The van der Waals surface area contributed by atoms with Crippen molar-refractivity contribution in [2.24, 2.45) is 0 Å². The topological polar surface area (TPSA) is 115 Å². The fourth-order valence-electron chi connectivity index (χ4n) is 4.22. The maximum absolute atomic E-state index is 15.6. The molecular formula is C27H21F3N8OS. The number of hydrogen-bond acceptors (Lipinski definition) is 10. The molecule has 13 heteroatoms. The first kappa shape index (κ1) is 25.8. The Labute approximate surface area is 230 Å². The molecule has 6 rings (SSSR count). The molecule has 0 saturated carbocycles. The van der Waals surface area contributed by atoms with Crippen molar-refractivity contribution in [3.05, 3.63) is 78.4 Å². The van der Waals surface area contributed by atoms with Gasteiger partial charge in [0.2, 0.25) is 5.95 Å². The van der Waals surface area contributed by atoms with E-state index in [-0.39, 0.29) is 22.1 Å². The van der Waals surface area contributed by atoms with Gasteiger partial charge in [0.05, 0.1) is 40.6 Å². The molecule has 0 atom stereocenters. The van der Waals surface area contributed by atoms with E-state index in [9.17, 15) is 8.78 Å². The molecule has 1 aliphatic rings. The first-order valence-corrected chi connectivity index (χ1v) is 13.0. The number of nitrogens with zero attached hydrogens (tertiary/aromatic N) is 6.